The average molecular weight is 657 g/mol. The molecule has 0 radical (unpaired) electrons. The Bertz CT molecular complexity index is 1570. The number of carbonyl (C=O) groups is 4. The van der Waals surface area contributed by atoms with E-state index in [0.29, 0.717) is 12.1 Å². The van der Waals surface area contributed by atoms with Gasteiger partial charge in [-0.3, -0.25) is 19.2 Å². The van der Waals surface area contributed by atoms with Crippen LogP contribution < -0.4 is 15.1 Å². The van der Waals surface area contributed by atoms with Crippen molar-refractivity contribution in [2.24, 2.45) is 11.8 Å². The molecule has 2 saturated heterocycles. The fraction of sp³-hybridized carbons (Fsp3) is 0.459. The maximum absolute atomic E-state index is 14.9. The van der Waals surface area contributed by atoms with Crippen molar-refractivity contribution in [1.82, 2.24) is 10.2 Å². The number of carbonyl (C=O) groups excluding carboxylic acids is 4. The Balaban J connectivity index is 1.42. The third-order valence-electron chi connectivity index (χ3n) is 10.0. The van der Waals surface area contributed by atoms with Crippen LogP contribution in [0.2, 0.25) is 0 Å². The first-order valence-corrected chi connectivity index (χ1v) is 16.9. The summed E-state index contributed by atoms with van der Waals surface area (Å²) in [6, 6.07) is 14.4. The van der Waals surface area contributed by atoms with Gasteiger partial charge in [0.15, 0.2) is 0 Å². The number of anilines is 2. The third-order valence-corrected chi connectivity index (χ3v) is 10.0. The average Bonchev–Trinajstić information content (AvgIpc) is 3.76. The highest BCUT2D eigenvalue weighted by Gasteiger charge is 2.73. The summed E-state index contributed by atoms with van der Waals surface area (Å²) < 4.78 is 12.2. The molecule has 48 heavy (non-hydrogen) atoms. The summed E-state index contributed by atoms with van der Waals surface area (Å²) in [6.45, 7) is 7.23. The van der Waals surface area contributed by atoms with Gasteiger partial charge < -0.3 is 34.6 Å². The molecular weight excluding hydrogens is 612 g/mol. The maximum atomic E-state index is 14.9. The van der Waals surface area contributed by atoms with Gasteiger partial charge in [-0.05, 0) is 57.0 Å². The van der Waals surface area contributed by atoms with E-state index in [9.17, 15) is 24.3 Å². The Hall–Kier alpha value is -4.48. The first kappa shape index (κ1) is 33.4. The van der Waals surface area contributed by atoms with E-state index >= 15 is 0 Å². The molecule has 4 aliphatic heterocycles. The first-order valence-electron chi connectivity index (χ1n) is 16.9. The number of benzene rings is 2. The third kappa shape index (κ3) is 5.90. The number of cyclic esters (lactones) is 1. The van der Waals surface area contributed by atoms with Crippen molar-refractivity contribution in [3.05, 3.63) is 84.5 Å². The highest BCUT2D eigenvalue weighted by atomic mass is 16.5. The van der Waals surface area contributed by atoms with Crippen LogP contribution in [0, 0.1) is 11.8 Å². The number of allylic oxidation sites excluding steroid dienone is 1. The molecule has 7 atom stereocenters. The predicted octanol–water partition coefficient (Wildman–Crippen LogP) is 3.15. The van der Waals surface area contributed by atoms with Gasteiger partial charge in [0.1, 0.15) is 18.2 Å². The molecule has 2 aromatic rings. The molecule has 0 saturated carbocycles. The number of rotatable bonds is 7. The van der Waals surface area contributed by atoms with Crippen LogP contribution in [0.3, 0.4) is 0 Å². The molecule has 4 aliphatic rings. The van der Waals surface area contributed by atoms with E-state index in [0.717, 1.165) is 24.3 Å². The van der Waals surface area contributed by atoms with Crippen molar-refractivity contribution in [1.29, 1.82) is 0 Å². The smallest absolute Gasteiger partial charge is 0.306 e. The number of esters is 1. The molecule has 3 amide bonds. The second-order valence-electron chi connectivity index (χ2n) is 12.8. The topological polar surface area (TPSA) is 129 Å². The number of hydrogen-bond donors (Lipinski definition) is 2. The van der Waals surface area contributed by atoms with E-state index in [-0.39, 0.29) is 32.1 Å². The lowest BCUT2D eigenvalue weighted by Crippen LogP contribution is -2.58. The van der Waals surface area contributed by atoms with Crippen LogP contribution in [0.5, 0.6) is 0 Å². The normalized spacial score (nSPS) is 30.2. The Labute approximate surface area is 281 Å². The number of aliphatic hydroxyl groups is 1. The van der Waals surface area contributed by atoms with Crippen LogP contribution in [0.25, 0.3) is 0 Å². The van der Waals surface area contributed by atoms with E-state index in [1.807, 2.05) is 66.7 Å². The standard InChI is InChI=1S/C37H44N4O7/c1-4-39(5-2)26-15-17-27(18-16-26)40-21-11-7-10-14-30(43)47-23-28(25-12-8-6-9-13-25)38-34(44)31-29-19-20-37(48-29)32(31)35(45)41(24(3)22-42)33(37)36(40)46/h6-9,11-13,15-20,24,28-29,31-33,42H,4-5,10,14,21-23H2,1-3H3,(H,38,44)/b11-7-/t24-,28+,29+,31-,32-,33+,37-/m1/s1. The first-order chi connectivity index (χ1) is 23.2. The monoisotopic (exact) mass is 656 g/mol. The number of ether oxygens (including phenoxy) is 2. The highest BCUT2D eigenvalue weighted by molar-refractivity contribution is 6.05. The van der Waals surface area contributed by atoms with Gasteiger partial charge >= 0.3 is 5.97 Å². The van der Waals surface area contributed by atoms with Gasteiger partial charge in [-0.25, -0.2) is 0 Å². The molecule has 2 N–H and O–H groups in total. The molecule has 1 spiro atoms. The zero-order chi connectivity index (χ0) is 34.0. The maximum Gasteiger partial charge on any atom is 0.306 e. The van der Waals surface area contributed by atoms with Crippen molar-refractivity contribution in [3.8, 4) is 0 Å². The van der Waals surface area contributed by atoms with Crippen LogP contribution in [-0.2, 0) is 28.7 Å². The molecule has 254 valence electrons. The Kier molecular flexibility index (Phi) is 9.70. The van der Waals surface area contributed by atoms with E-state index in [2.05, 4.69) is 24.1 Å². The Morgan fingerprint density at radius 1 is 1.00 bits per heavy atom. The summed E-state index contributed by atoms with van der Waals surface area (Å²) in [4.78, 5) is 61.4. The summed E-state index contributed by atoms with van der Waals surface area (Å²) in [5.74, 6) is -3.58. The van der Waals surface area contributed by atoms with Gasteiger partial charge in [0.05, 0.1) is 36.6 Å². The molecule has 0 aromatic heterocycles. The van der Waals surface area contributed by atoms with Crippen LogP contribution in [0.4, 0.5) is 11.4 Å². The zero-order valence-electron chi connectivity index (χ0n) is 27.7. The number of nitrogens with zero attached hydrogens (tertiary/aromatic N) is 3. The Morgan fingerprint density at radius 2 is 1.73 bits per heavy atom. The molecule has 0 unspecified atom stereocenters. The summed E-state index contributed by atoms with van der Waals surface area (Å²) >= 11 is 0. The minimum absolute atomic E-state index is 0.0812. The lowest BCUT2D eigenvalue weighted by atomic mass is 9.74. The van der Waals surface area contributed by atoms with Gasteiger partial charge in [-0.2, -0.15) is 0 Å². The fourth-order valence-corrected chi connectivity index (χ4v) is 7.57. The molecule has 5 bridgehead atoms. The molecular formula is C37H44N4O7. The second kappa shape index (κ2) is 13.9. The molecule has 2 aromatic carbocycles. The number of likely N-dealkylation sites (tertiary alicyclic amines) is 1. The minimum Gasteiger partial charge on any atom is -0.463 e. The summed E-state index contributed by atoms with van der Waals surface area (Å²) in [5, 5.41) is 13.3. The van der Waals surface area contributed by atoms with Crippen LogP contribution in [0.15, 0.2) is 78.9 Å². The number of nitrogens with one attached hydrogen (secondary N) is 1. The van der Waals surface area contributed by atoms with Crippen molar-refractivity contribution in [2.75, 3.05) is 42.6 Å². The highest BCUT2D eigenvalue weighted by Crippen LogP contribution is 2.56. The van der Waals surface area contributed by atoms with Crippen LogP contribution in [-0.4, -0.2) is 90.3 Å². The minimum atomic E-state index is -1.41. The summed E-state index contributed by atoms with van der Waals surface area (Å²) in [5.41, 5.74) is 0.980. The van der Waals surface area contributed by atoms with E-state index in [1.54, 1.807) is 24.0 Å². The summed E-state index contributed by atoms with van der Waals surface area (Å²) in [6.07, 6.45) is 6.97. The molecule has 11 heteroatoms. The molecule has 2 fully saturated rings. The SMILES string of the molecule is CCN(CC)c1ccc(N2C/C=C\CCC(=O)OC[C@@H](c3ccccc3)NC(=O)[C@@H]3[C@@H]4C=C[C@]5(O4)[C@H](C2=O)N([C@H](C)CO)C(=O)[C@@H]35)cc1. The van der Waals surface area contributed by atoms with Crippen molar-refractivity contribution < 1.29 is 33.8 Å². The van der Waals surface area contributed by atoms with Crippen LogP contribution >= 0.6 is 0 Å². The lowest BCUT2D eigenvalue weighted by molar-refractivity contribution is -0.146. The second-order valence-corrected chi connectivity index (χ2v) is 12.8. The largest absolute Gasteiger partial charge is 0.463 e. The van der Waals surface area contributed by atoms with Crippen molar-refractivity contribution in [3.63, 3.8) is 0 Å². The molecule has 4 heterocycles. The van der Waals surface area contributed by atoms with Crippen molar-refractivity contribution in [2.45, 2.75) is 63.4 Å². The van der Waals surface area contributed by atoms with Gasteiger partial charge in [0.2, 0.25) is 11.8 Å². The van der Waals surface area contributed by atoms with Crippen molar-refractivity contribution >= 4 is 35.1 Å². The van der Waals surface area contributed by atoms with E-state index in [4.69, 9.17) is 9.47 Å². The van der Waals surface area contributed by atoms with Gasteiger partial charge in [0.25, 0.3) is 5.91 Å². The zero-order valence-corrected chi connectivity index (χ0v) is 27.7. The number of hydrogen-bond acceptors (Lipinski definition) is 8. The van der Waals surface area contributed by atoms with Gasteiger partial charge in [-0.15, -0.1) is 0 Å². The number of aliphatic hydroxyl groups excluding tert-OH is 1. The van der Waals surface area contributed by atoms with Gasteiger partial charge in [0, 0.05) is 37.4 Å². The van der Waals surface area contributed by atoms with E-state index < -0.39 is 59.5 Å². The quantitative estimate of drug-likeness (QED) is 0.344. The van der Waals surface area contributed by atoms with Crippen LogP contribution in [0.1, 0.15) is 45.2 Å². The fourth-order valence-electron chi connectivity index (χ4n) is 7.57. The Morgan fingerprint density at radius 3 is 2.42 bits per heavy atom. The van der Waals surface area contributed by atoms with Gasteiger partial charge in [-0.1, -0.05) is 54.6 Å². The number of amides is 3. The molecule has 11 nitrogen and oxygen atoms in total. The molecule has 6 rings (SSSR count). The predicted molar refractivity (Wildman–Crippen MR) is 180 cm³/mol. The summed E-state index contributed by atoms with van der Waals surface area (Å²) in [7, 11) is 0. The lowest BCUT2D eigenvalue weighted by Gasteiger charge is -2.38. The number of fused-ring (bicyclic) bond motifs is 2. The van der Waals surface area contributed by atoms with E-state index in [1.165, 1.54) is 4.90 Å². The molecule has 0 aliphatic carbocycles.